The SMILES string of the molecule is CCC[NH2+][C@@H](CC(=O)Nc1ccccc1Br)C(=O)[O-]. The van der Waals surface area contributed by atoms with Gasteiger partial charge in [-0.25, -0.2) is 0 Å². The van der Waals surface area contributed by atoms with Crippen LogP contribution in [-0.4, -0.2) is 24.5 Å². The predicted octanol–water partition coefficient (Wildman–Crippen LogP) is -0.130. The molecule has 104 valence electrons. The molecule has 0 aliphatic heterocycles. The van der Waals surface area contributed by atoms with Crippen molar-refractivity contribution in [2.45, 2.75) is 25.8 Å². The number of carbonyl (C=O) groups excluding carboxylic acids is 2. The van der Waals surface area contributed by atoms with Crippen LogP contribution in [0.25, 0.3) is 0 Å². The van der Waals surface area contributed by atoms with Crippen molar-refractivity contribution in [3.8, 4) is 0 Å². The summed E-state index contributed by atoms with van der Waals surface area (Å²) in [7, 11) is 0. The van der Waals surface area contributed by atoms with Crippen LogP contribution in [0.1, 0.15) is 19.8 Å². The largest absolute Gasteiger partial charge is 0.544 e. The number of carbonyl (C=O) groups is 2. The molecule has 0 saturated heterocycles. The number of carboxylic acid groups (broad SMARTS) is 1. The summed E-state index contributed by atoms with van der Waals surface area (Å²) in [5.74, 6) is -1.55. The van der Waals surface area contributed by atoms with Crippen LogP contribution in [0.5, 0.6) is 0 Å². The Balaban J connectivity index is 2.58. The van der Waals surface area contributed by atoms with E-state index in [0.29, 0.717) is 12.2 Å². The first kappa shape index (κ1) is 15.7. The van der Waals surface area contributed by atoms with Crippen LogP contribution in [0.15, 0.2) is 28.7 Å². The molecular formula is C13H17BrN2O3. The maximum atomic E-state index is 11.8. The summed E-state index contributed by atoms with van der Waals surface area (Å²) >= 11 is 3.31. The number of nitrogens with one attached hydrogen (secondary N) is 1. The molecule has 0 heterocycles. The Kier molecular flexibility index (Phi) is 6.52. The Labute approximate surface area is 120 Å². The van der Waals surface area contributed by atoms with Crippen LogP contribution in [0.4, 0.5) is 5.69 Å². The Bertz CT molecular complexity index is 451. The zero-order chi connectivity index (χ0) is 14.3. The van der Waals surface area contributed by atoms with E-state index in [1.165, 1.54) is 0 Å². The molecule has 0 fully saturated rings. The lowest BCUT2D eigenvalue weighted by Gasteiger charge is -2.16. The van der Waals surface area contributed by atoms with Gasteiger partial charge in [-0.2, -0.15) is 0 Å². The van der Waals surface area contributed by atoms with Crippen molar-refractivity contribution in [3.05, 3.63) is 28.7 Å². The molecule has 6 heteroatoms. The van der Waals surface area contributed by atoms with Crippen LogP contribution >= 0.6 is 15.9 Å². The first-order chi connectivity index (χ1) is 9.04. The van der Waals surface area contributed by atoms with Crippen molar-refractivity contribution in [1.29, 1.82) is 0 Å². The highest BCUT2D eigenvalue weighted by Gasteiger charge is 2.18. The minimum atomic E-state index is -1.21. The molecule has 0 aliphatic rings. The van der Waals surface area contributed by atoms with E-state index in [1.54, 1.807) is 23.5 Å². The first-order valence-electron chi connectivity index (χ1n) is 6.13. The summed E-state index contributed by atoms with van der Waals surface area (Å²) in [5.41, 5.74) is 0.625. The number of rotatable bonds is 7. The number of para-hydroxylation sites is 1. The average molecular weight is 329 g/mol. The first-order valence-corrected chi connectivity index (χ1v) is 6.92. The number of anilines is 1. The Morgan fingerprint density at radius 2 is 2.11 bits per heavy atom. The predicted molar refractivity (Wildman–Crippen MR) is 73.3 cm³/mol. The molecule has 0 radical (unpaired) electrons. The summed E-state index contributed by atoms with van der Waals surface area (Å²) in [5, 5.41) is 15.2. The monoisotopic (exact) mass is 328 g/mol. The van der Waals surface area contributed by atoms with Crippen molar-refractivity contribution in [3.63, 3.8) is 0 Å². The van der Waals surface area contributed by atoms with Gasteiger partial charge in [0.1, 0.15) is 6.04 Å². The number of aliphatic carboxylic acids is 1. The highest BCUT2D eigenvalue weighted by atomic mass is 79.9. The number of amides is 1. The third-order valence-corrected chi connectivity index (χ3v) is 3.29. The zero-order valence-electron chi connectivity index (χ0n) is 10.7. The molecule has 1 aromatic rings. The second kappa shape index (κ2) is 7.91. The number of benzene rings is 1. The molecule has 5 nitrogen and oxygen atoms in total. The molecule has 3 N–H and O–H groups in total. The van der Waals surface area contributed by atoms with Crippen LogP contribution < -0.4 is 15.7 Å². The Morgan fingerprint density at radius 3 is 2.68 bits per heavy atom. The van der Waals surface area contributed by atoms with E-state index in [2.05, 4.69) is 21.2 Å². The van der Waals surface area contributed by atoms with Gasteiger partial charge in [-0.15, -0.1) is 0 Å². The van der Waals surface area contributed by atoms with Crippen molar-refractivity contribution in [2.75, 3.05) is 11.9 Å². The topological polar surface area (TPSA) is 85.8 Å². The van der Waals surface area contributed by atoms with Gasteiger partial charge < -0.3 is 20.5 Å². The lowest BCUT2D eigenvalue weighted by Crippen LogP contribution is -2.93. The standard InChI is InChI=1S/C13H17BrN2O3/c1-2-7-15-11(13(18)19)8-12(17)16-10-6-4-3-5-9(10)14/h3-6,11,15H,2,7-8H2,1H3,(H,16,17)(H,18,19)/t11-/m0/s1. The number of halogens is 1. The molecule has 0 spiro atoms. The van der Waals surface area contributed by atoms with Gasteiger partial charge >= 0.3 is 0 Å². The minimum Gasteiger partial charge on any atom is -0.544 e. The molecule has 1 rings (SSSR count). The number of nitrogens with two attached hydrogens (primary N) is 1. The molecule has 0 unspecified atom stereocenters. The van der Waals surface area contributed by atoms with Crippen LogP contribution in [0, 0.1) is 0 Å². The molecule has 1 atom stereocenters. The maximum Gasteiger partial charge on any atom is 0.230 e. The van der Waals surface area contributed by atoms with Crippen molar-refractivity contribution in [2.24, 2.45) is 0 Å². The number of hydrogen-bond donors (Lipinski definition) is 2. The zero-order valence-corrected chi connectivity index (χ0v) is 12.3. The number of carboxylic acids is 1. The molecule has 1 aromatic carbocycles. The van der Waals surface area contributed by atoms with Crippen LogP contribution in [0.3, 0.4) is 0 Å². The van der Waals surface area contributed by atoms with Gasteiger partial charge in [0.2, 0.25) is 5.91 Å². The number of hydrogen-bond acceptors (Lipinski definition) is 3. The lowest BCUT2D eigenvalue weighted by molar-refractivity contribution is -0.682. The fourth-order valence-electron chi connectivity index (χ4n) is 1.59. The van der Waals surface area contributed by atoms with E-state index < -0.39 is 12.0 Å². The molecule has 0 bridgehead atoms. The molecule has 0 saturated carbocycles. The van der Waals surface area contributed by atoms with Gasteiger partial charge in [0, 0.05) is 4.47 Å². The fraction of sp³-hybridized carbons (Fsp3) is 0.385. The van der Waals surface area contributed by atoms with E-state index in [0.717, 1.165) is 10.9 Å². The lowest BCUT2D eigenvalue weighted by atomic mass is 10.2. The van der Waals surface area contributed by atoms with E-state index in [1.807, 2.05) is 13.0 Å². The fourth-order valence-corrected chi connectivity index (χ4v) is 1.98. The highest BCUT2D eigenvalue weighted by Crippen LogP contribution is 2.21. The smallest absolute Gasteiger partial charge is 0.230 e. The molecule has 1 amide bonds. The van der Waals surface area contributed by atoms with E-state index in [-0.39, 0.29) is 12.3 Å². The molecule has 0 aromatic heterocycles. The minimum absolute atomic E-state index is 0.107. The summed E-state index contributed by atoms with van der Waals surface area (Å²) in [4.78, 5) is 22.7. The second-order valence-electron chi connectivity index (χ2n) is 4.18. The summed E-state index contributed by atoms with van der Waals surface area (Å²) in [6, 6.07) is 6.32. The summed E-state index contributed by atoms with van der Waals surface area (Å²) in [6.07, 6.45) is 0.735. The van der Waals surface area contributed by atoms with E-state index >= 15 is 0 Å². The Morgan fingerprint density at radius 1 is 1.42 bits per heavy atom. The Hall–Kier alpha value is -1.40. The van der Waals surface area contributed by atoms with Crippen molar-refractivity contribution in [1.82, 2.24) is 0 Å². The summed E-state index contributed by atoms with van der Waals surface area (Å²) < 4.78 is 0.755. The average Bonchev–Trinajstić information content (AvgIpc) is 2.37. The van der Waals surface area contributed by atoms with E-state index in [4.69, 9.17) is 0 Å². The van der Waals surface area contributed by atoms with E-state index in [9.17, 15) is 14.7 Å². The van der Waals surface area contributed by atoms with Gasteiger partial charge in [0.25, 0.3) is 0 Å². The summed E-state index contributed by atoms with van der Waals surface area (Å²) in [6.45, 7) is 2.60. The maximum absolute atomic E-state index is 11.8. The van der Waals surface area contributed by atoms with Crippen LogP contribution in [-0.2, 0) is 9.59 Å². The van der Waals surface area contributed by atoms with Crippen molar-refractivity contribution >= 4 is 33.5 Å². The van der Waals surface area contributed by atoms with Gasteiger partial charge in [-0.05, 0) is 34.5 Å². The number of quaternary nitrogens is 1. The highest BCUT2D eigenvalue weighted by molar-refractivity contribution is 9.10. The van der Waals surface area contributed by atoms with Gasteiger partial charge in [-0.3, -0.25) is 4.79 Å². The molecule has 0 aliphatic carbocycles. The van der Waals surface area contributed by atoms with Gasteiger partial charge in [0.05, 0.1) is 24.6 Å². The third-order valence-electron chi connectivity index (χ3n) is 2.60. The molecular weight excluding hydrogens is 312 g/mol. The van der Waals surface area contributed by atoms with Crippen LogP contribution in [0.2, 0.25) is 0 Å². The quantitative estimate of drug-likeness (QED) is 0.731. The molecule has 19 heavy (non-hydrogen) atoms. The normalized spacial score (nSPS) is 11.9. The van der Waals surface area contributed by atoms with Crippen molar-refractivity contribution < 1.29 is 20.0 Å². The third kappa shape index (κ3) is 5.40. The second-order valence-corrected chi connectivity index (χ2v) is 5.04. The van der Waals surface area contributed by atoms with Gasteiger partial charge in [0.15, 0.2) is 0 Å². The van der Waals surface area contributed by atoms with Gasteiger partial charge in [-0.1, -0.05) is 19.1 Å².